The summed E-state index contributed by atoms with van der Waals surface area (Å²) in [5.74, 6) is 1.26. The molecule has 0 aliphatic rings. The van der Waals surface area contributed by atoms with Crippen LogP contribution in [0.25, 0.3) is 0 Å². The Bertz CT molecular complexity index is 763. The summed E-state index contributed by atoms with van der Waals surface area (Å²) in [6.45, 7) is 6.24. The van der Waals surface area contributed by atoms with Gasteiger partial charge in [-0.25, -0.2) is 0 Å². The molecule has 0 fully saturated rings. The van der Waals surface area contributed by atoms with E-state index >= 15 is 0 Å². The summed E-state index contributed by atoms with van der Waals surface area (Å²) in [6.07, 6.45) is 0. The molecule has 1 aromatic carbocycles. The summed E-state index contributed by atoms with van der Waals surface area (Å²) >= 11 is 1.76. The third-order valence-corrected chi connectivity index (χ3v) is 5.38. The van der Waals surface area contributed by atoms with Crippen LogP contribution in [0.1, 0.15) is 29.1 Å². The number of rotatable bonds is 8. The number of benzene rings is 1. The van der Waals surface area contributed by atoms with Crippen molar-refractivity contribution in [2.45, 2.75) is 19.3 Å². The van der Waals surface area contributed by atoms with Crippen molar-refractivity contribution in [3.8, 4) is 5.75 Å². The van der Waals surface area contributed by atoms with E-state index in [2.05, 4.69) is 52.3 Å². The van der Waals surface area contributed by atoms with Crippen LogP contribution < -0.4 is 20.7 Å². The standard InChI is InChI=1S/C20H28N4O2S.HI/c1-20(2,17-9-6-12-27-17)14-24-19(21-3)23-11-10-22-18(25)15-7-5-8-16(13-15)26-4;/h5-9,12-13H,10-11,14H2,1-4H3,(H,22,25)(H2,21,23,24);1H. The van der Waals surface area contributed by atoms with Crippen LogP contribution in [0, 0.1) is 0 Å². The Morgan fingerprint density at radius 1 is 1.14 bits per heavy atom. The predicted octanol–water partition coefficient (Wildman–Crippen LogP) is 3.25. The van der Waals surface area contributed by atoms with Gasteiger partial charge in [-0.3, -0.25) is 9.79 Å². The quantitative estimate of drug-likeness (QED) is 0.218. The Morgan fingerprint density at radius 2 is 1.89 bits per heavy atom. The predicted molar refractivity (Wildman–Crippen MR) is 127 cm³/mol. The van der Waals surface area contributed by atoms with E-state index in [1.165, 1.54) is 4.88 Å². The fraction of sp³-hybridized carbons (Fsp3) is 0.400. The van der Waals surface area contributed by atoms with Gasteiger partial charge in [0.2, 0.25) is 0 Å². The van der Waals surface area contributed by atoms with Gasteiger partial charge in [0.05, 0.1) is 7.11 Å². The van der Waals surface area contributed by atoms with Crippen molar-refractivity contribution in [1.82, 2.24) is 16.0 Å². The first-order valence-corrected chi connectivity index (χ1v) is 9.75. The van der Waals surface area contributed by atoms with Gasteiger partial charge < -0.3 is 20.7 Å². The van der Waals surface area contributed by atoms with Gasteiger partial charge >= 0.3 is 0 Å². The van der Waals surface area contributed by atoms with Crippen LogP contribution in [0.5, 0.6) is 5.75 Å². The summed E-state index contributed by atoms with van der Waals surface area (Å²) in [5.41, 5.74) is 0.598. The molecule has 154 valence electrons. The number of methoxy groups -OCH3 is 1. The molecule has 8 heteroatoms. The van der Waals surface area contributed by atoms with Gasteiger partial charge in [-0.1, -0.05) is 26.0 Å². The number of aliphatic imine (C=N–C) groups is 1. The Morgan fingerprint density at radius 3 is 2.54 bits per heavy atom. The molecule has 6 nitrogen and oxygen atoms in total. The van der Waals surface area contributed by atoms with Gasteiger partial charge in [0, 0.05) is 42.5 Å². The lowest BCUT2D eigenvalue weighted by molar-refractivity contribution is 0.0954. The first kappa shape index (κ1) is 24.2. The Kier molecular flexibility index (Phi) is 10.3. The number of thiophene rings is 1. The van der Waals surface area contributed by atoms with Crippen LogP contribution in [0.15, 0.2) is 46.8 Å². The minimum atomic E-state index is -0.127. The highest BCUT2D eigenvalue weighted by atomic mass is 127. The molecule has 3 N–H and O–H groups in total. The second-order valence-electron chi connectivity index (χ2n) is 6.70. The van der Waals surface area contributed by atoms with Gasteiger partial charge in [0.1, 0.15) is 5.75 Å². The van der Waals surface area contributed by atoms with Crippen molar-refractivity contribution in [3.05, 3.63) is 52.2 Å². The largest absolute Gasteiger partial charge is 0.497 e. The minimum Gasteiger partial charge on any atom is -0.497 e. The summed E-state index contributed by atoms with van der Waals surface area (Å²) < 4.78 is 5.14. The molecule has 2 aromatic rings. The molecule has 0 radical (unpaired) electrons. The maximum atomic E-state index is 12.2. The monoisotopic (exact) mass is 516 g/mol. The van der Waals surface area contributed by atoms with Gasteiger partial charge in [0.25, 0.3) is 5.91 Å². The van der Waals surface area contributed by atoms with E-state index in [0.717, 1.165) is 12.5 Å². The number of hydrogen-bond donors (Lipinski definition) is 3. The molecule has 0 bridgehead atoms. The Labute approximate surface area is 188 Å². The fourth-order valence-electron chi connectivity index (χ4n) is 2.50. The zero-order chi connectivity index (χ0) is 19.7. The minimum absolute atomic E-state index is 0. The van der Waals surface area contributed by atoms with Crippen molar-refractivity contribution in [2.24, 2.45) is 4.99 Å². The number of halogens is 1. The van der Waals surface area contributed by atoms with Crippen LogP contribution in [0.4, 0.5) is 0 Å². The van der Waals surface area contributed by atoms with Crippen LogP contribution in [0.3, 0.4) is 0 Å². The number of carbonyl (C=O) groups excluding carboxylic acids is 1. The van der Waals surface area contributed by atoms with Crippen molar-refractivity contribution in [2.75, 3.05) is 33.8 Å². The average molecular weight is 516 g/mol. The number of carbonyl (C=O) groups is 1. The SMILES string of the molecule is CN=C(NCCNC(=O)c1cccc(OC)c1)NCC(C)(C)c1cccs1.I. The molecular weight excluding hydrogens is 487 g/mol. The van der Waals surface area contributed by atoms with E-state index in [1.54, 1.807) is 43.7 Å². The zero-order valence-corrected chi connectivity index (χ0v) is 19.9. The molecule has 0 aliphatic heterocycles. The van der Waals surface area contributed by atoms with Gasteiger partial charge in [-0.15, -0.1) is 35.3 Å². The van der Waals surface area contributed by atoms with Crippen LogP contribution in [0.2, 0.25) is 0 Å². The third-order valence-electron chi connectivity index (χ3n) is 4.14. The summed E-state index contributed by atoms with van der Waals surface area (Å²) in [4.78, 5) is 17.7. The number of hydrogen-bond acceptors (Lipinski definition) is 4. The number of nitrogens with zero attached hydrogens (tertiary/aromatic N) is 1. The molecular formula is C20H29IN4O2S. The van der Waals surface area contributed by atoms with Crippen LogP contribution in [-0.2, 0) is 5.41 Å². The summed E-state index contributed by atoms with van der Waals surface area (Å²) in [7, 11) is 3.32. The van der Waals surface area contributed by atoms with E-state index in [1.807, 2.05) is 6.07 Å². The number of guanidine groups is 1. The molecule has 0 spiro atoms. The average Bonchev–Trinajstić information content (AvgIpc) is 3.23. The number of amides is 1. The summed E-state index contributed by atoms with van der Waals surface area (Å²) in [5, 5.41) is 11.5. The van der Waals surface area contributed by atoms with Gasteiger partial charge in [-0.05, 0) is 29.6 Å². The van der Waals surface area contributed by atoms with E-state index in [4.69, 9.17) is 4.74 Å². The summed E-state index contributed by atoms with van der Waals surface area (Å²) in [6, 6.07) is 11.3. The van der Waals surface area contributed by atoms with Crippen molar-refractivity contribution < 1.29 is 9.53 Å². The highest BCUT2D eigenvalue weighted by molar-refractivity contribution is 14.0. The van der Waals surface area contributed by atoms with Crippen molar-refractivity contribution in [1.29, 1.82) is 0 Å². The number of ether oxygens (including phenoxy) is 1. The molecule has 0 saturated carbocycles. The normalized spacial score (nSPS) is 11.4. The fourth-order valence-corrected chi connectivity index (χ4v) is 3.35. The van der Waals surface area contributed by atoms with E-state index < -0.39 is 0 Å². The zero-order valence-electron chi connectivity index (χ0n) is 16.7. The molecule has 0 saturated heterocycles. The van der Waals surface area contributed by atoms with E-state index in [-0.39, 0.29) is 35.3 Å². The maximum Gasteiger partial charge on any atom is 0.251 e. The third kappa shape index (κ3) is 7.31. The lowest BCUT2D eigenvalue weighted by Gasteiger charge is -2.25. The molecule has 28 heavy (non-hydrogen) atoms. The first-order valence-electron chi connectivity index (χ1n) is 8.87. The van der Waals surface area contributed by atoms with Gasteiger partial charge in [0.15, 0.2) is 5.96 Å². The van der Waals surface area contributed by atoms with Gasteiger partial charge in [-0.2, -0.15) is 0 Å². The molecule has 0 atom stereocenters. The Balaban J connectivity index is 0.00000392. The smallest absolute Gasteiger partial charge is 0.251 e. The topological polar surface area (TPSA) is 74.8 Å². The molecule has 0 aliphatic carbocycles. The van der Waals surface area contributed by atoms with E-state index in [9.17, 15) is 4.79 Å². The second kappa shape index (κ2) is 11.9. The maximum absolute atomic E-state index is 12.2. The molecule has 0 unspecified atom stereocenters. The molecule has 1 aromatic heterocycles. The molecule has 1 amide bonds. The van der Waals surface area contributed by atoms with Crippen molar-refractivity contribution >= 4 is 47.2 Å². The number of nitrogens with one attached hydrogen (secondary N) is 3. The highest BCUT2D eigenvalue weighted by Gasteiger charge is 2.21. The lowest BCUT2D eigenvalue weighted by atomic mass is 9.91. The highest BCUT2D eigenvalue weighted by Crippen LogP contribution is 2.26. The van der Waals surface area contributed by atoms with Crippen molar-refractivity contribution in [3.63, 3.8) is 0 Å². The van der Waals surface area contributed by atoms with Crippen LogP contribution >= 0.6 is 35.3 Å². The van der Waals surface area contributed by atoms with E-state index in [0.29, 0.717) is 24.4 Å². The molecule has 2 rings (SSSR count). The second-order valence-corrected chi connectivity index (χ2v) is 7.65. The molecule has 1 heterocycles. The Hall–Kier alpha value is -1.81. The first-order chi connectivity index (χ1) is 13.0. The lowest BCUT2D eigenvalue weighted by Crippen LogP contribution is -2.45. The van der Waals surface area contributed by atoms with Crippen LogP contribution in [-0.4, -0.2) is 45.7 Å².